The fourth-order valence-corrected chi connectivity index (χ4v) is 4.74. The number of carbonyl (C=O) groups excluding carboxylic acids is 1. The van der Waals surface area contributed by atoms with Crippen molar-refractivity contribution in [1.82, 2.24) is 15.2 Å². The molecule has 1 aromatic carbocycles. The summed E-state index contributed by atoms with van der Waals surface area (Å²) in [6.07, 6.45) is 3.99. The number of hydrogen-bond acceptors (Lipinski definition) is 5. The molecule has 30 heavy (non-hydrogen) atoms. The lowest BCUT2D eigenvalue weighted by molar-refractivity contribution is 0.0879. The molecule has 0 bridgehead atoms. The molecule has 1 N–H and O–H groups in total. The number of benzene rings is 1. The minimum absolute atomic E-state index is 0.0204. The largest absolute Gasteiger partial charge is 0.497 e. The molecular formula is C24H27N3O2S. The summed E-state index contributed by atoms with van der Waals surface area (Å²) in [5.74, 6) is 1.17. The third-order valence-electron chi connectivity index (χ3n) is 5.62. The van der Waals surface area contributed by atoms with Crippen LogP contribution in [-0.2, 0) is 6.54 Å². The van der Waals surface area contributed by atoms with Crippen LogP contribution in [0.25, 0.3) is 0 Å². The zero-order chi connectivity index (χ0) is 20.8. The molecule has 1 aliphatic rings. The van der Waals surface area contributed by atoms with E-state index in [4.69, 9.17) is 4.74 Å². The highest BCUT2D eigenvalue weighted by molar-refractivity contribution is 7.12. The predicted molar refractivity (Wildman–Crippen MR) is 120 cm³/mol. The maximum atomic E-state index is 12.8. The Labute approximate surface area is 181 Å². The molecule has 156 valence electrons. The van der Waals surface area contributed by atoms with E-state index in [1.54, 1.807) is 13.3 Å². The first-order valence-electron chi connectivity index (χ1n) is 10.3. The predicted octanol–water partition coefficient (Wildman–Crippen LogP) is 4.54. The lowest BCUT2D eigenvalue weighted by atomic mass is 9.88. The highest BCUT2D eigenvalue weighted by atomic mass is 32.1. The Morgan fingerprint density at radius 2 is 2.10 bits per heavy atom. The number of ether oxygens (including phenoxy) is 1. The highest BCUT2D eigenvalue weighted by Gasteiger charge is 2.30. The zero-order valence-electron chi connectivity index (χ0n) is 17.2. The van der Waals surface area contributed by atoms with Gasteiger partial charge in [-0.1, -0.05) is 24.3 Å². The van der Waals surface area contributed by atoms with E-state index in [0.717, 1.165) is 48.8 Å². The van der Waals surface area contributed by atoms with E-state index >= 15 is 0 Å². The number of amides is 1. The van der Waals surface area contributed by atoms with Crippen LogP contribution < -0.4 is 10.1 Å². The number of hydrogen-bond donors (Lipinski definition) is 1. The molecule has 0 radical (unpaired) electrons. The Kier molecular flexibility index (Phi) is 6.77. The van der Waals surface area contributed by atoms with Gasteiger partial charge in [0, 0.05) is 19.3 Å². The van der Waals surface area contributed by atoms with Gasteiger partial charge in [0.05, 0.1) is 23.7 Å². The Balaban J connectivity index is 1.48. The smallest absolute Gasteiger partial charge is 0.261 e. The second kappa shape index (κ2) is 9.87. The minimum atomic E-state index is -0.0977. The molecule has 1 amide bonds. The van der Waals surface area contributed by atoms with E-state index in [-0.39, 0.29) is 11.9 Å². The average molecular weight is 422 g/mol. The second-order valence-corrected chi connectivity index (χ2v) is 8.62. The van der Waals surface area contributed by atoms with Gasteiger partial charge in [0.2, 0.25) is 0 Å². The van der Waals surface area contributed by atoms with Crippen LogP contribution in [0.3, 0.4) is 0 Å². The van der Waals surface area contributed by atoms with Crippen molar-refractivity contribution >= 4 is 17.2 Å². The molecule has 1 fully saturated rings. The third kappa shape index (κ3) is 5.07. The highest BCUT2D eigenvalue weighted by Crippen LogP contribution is 2.30. The molecule has 0 spiro atoms. The van der Waals surface area contributed by atoms with Gasteiger partial charge >= 0.3 is 0 Å². The van der Waals surface area contributed by atoms with E-state index in [1.165, 1.54) is 16.9 Å². The van der Waals surface area contributed by atoms with Gasteiger partial charge in [-0.05, 0) is 66.6 Å². The van der Waals surface area contributed by atoms with Crippen LogP contribution in [-0.4, -0.2) is 36.0 Å². The first-order chi connectivity index (χ1) is 14.7. The Hall–Kier alpha value is -2.70. The van der Waals surface area contributed by atoms with Crippen molar-refractivity contribution in [1.29, 1.82) is 0 Å². The summed E-state index contributed by atoms with van der Waals surface area (Å²) in [5, 5.41) is 5.20. The number of carbonyl (C=O) groups is 1. The van der Waals surface area contributed by atoms with Gasteiger partial charge < -0.3 is 10.1 Å². The van der Waals surface area contributed by atoms with Crippen molar-refractivity contribution in [2.45, 2.75) is 25.4 Å². The van der Waals surface area contributed by atoms with Crippen molar-refractivity contribution in [3.05, 3.63) is 82.3 Å². The lowest BCUT2D eigenvalue weighted by Gasteiger charge is -2.37. The summed E-state index contributed by atoms with van der Waals surface area (Å²) in [6.45, 7) is 2.89. The van der Waals surface area contributed by atoms with Gasteiger partial charge in [0.1, 0.15) is 5.75 Å². The summed E-state index contributed by atoms with van der Waals surface area (Å²) < 4.78 is 5.26. The molecular weight excluding hydrogens is 394 g/mol. The third-order valence-corrected chi connectivity index (χ3v) is 6.49. The number of rotatable bonds is 7. The van der Waals surface area contributed by atoms with Crippen LogP contribution in [0.2, 0.25) is 0 Å². The number of likely N-dealkylation sites (tertiary alicyclic amines) is 1. The summed E-state index contributed by atoms with van der Waals surface area (Å²) in [6, 6.07) is 17.9. The van der Waals surface area contributed by atoms with E-state index in [2.05, 4.69) is 27.3 Å². The first kappa shape index (κ1) is 20.6. The van der Waals surface area contributed by atoms with Gasteiger partial charge in [0.15, 0.2) is 0 Å². The van der Waals surface area contributed by atoms with Crippen molar-refractivity contribution in [3.8, 4) is 5.75 Å². The number of methoxy groups -OCH3 is 1. The summed E-state index contributed by atoms with van der Waals surface area (Å²) in [7, 11) is 1.69. The standard InChI is InChI=1S/C24H27N3O2S/c1-29-20-11-9-18(10-12-20)16-27-14-4-6-19(17-27)23(21-7-2-3-13-25-21)26-24(28)22-8-5-15-30-22/h2-3,5,7-13,15,19,23H,4,6,14,16-17H2,1H3,(H,26,28)/t19-,23+/m1/s1. The summed E-state index contributed by atoms with van der Waals surface area (Å²) >= 11 is 1.47. The molecule has 2 atom stereocenters. The number of aromatic nitrogens is 1. The fourth-order valence-electron chi connectivity index (χ4n) is 4.11. The maximum absolute atomic E-state index is 12.8. The van der Waals surface area contributed by atoms with Crippen LogP contribution >= 0.6 is 11.3 Å². The van der Waals surface area contributed by atoms with Crippen LogP contribution in [0.5, 0.6) is 5.75 Å². The van der Waals surface area contributed by atoms with Crippen LogP contribution in [0, 0.1) is 5.92 Å². The maximum Gasteiger partial charge on any atom is 0.261 e. The van der Waals surface area contributed by atoms with Gasteiger partial charge in [-0.3, -0.25) is 14.7 Å². The fraction of sp³-hybridized carbons (Fsp3) is 0.333. The molecule has 2 aromatic heterocycles. The van der Waals surface area contributed by atoms with Gasteiger partial charge in [-0.15, -0.1) is 11.3 Å². The first-order valence-corrected chi connectivity index (χ1v) is 11.2. The number of nitrogens with zero attached hydrogens (tertiary/aromatic N) is 2. The minimum Gasteiger partial charge on any atom is -0.497 e. The molecule has 5 nitrogen and oxygen atoms in total. The Bertz CT molecular complexity index is 929. The van der Waals surface area contributed by atoms with Crippen molar-refractivity contribution in [2.75, 3.05) is 20.2 Å². The second-order valence-electron chi connectivity index (χ2n) is 7.67. The van der Waals surface area contributed by atoms with Crippen molar-refractivity contribution in [2.24, 2.45) is 5.92 Å². The number of thiophene rings is 1. The van der Waals surface area contributed by atoms with Gasteiger partial charge in [-0.25, -0.2) is 0 Å². The zero-order valence-corrected chi connectivity index (χ0v) is 18.0. The summed E-state index contributed by atoms with van der Waals surface area (Å²) in [5.41, 5.74) is 2.20. The number of piperidine rings is 1. The SMILES string of the molecule is COc1ccc(CN2CCC[C@@H]([C@H](NC(=O)c3cccs3)c3ccccn3)C2)cc1. The quantitative estimate of drug-likeness (QED) is 0.609. The summed E-state index contributed by atoms with van der Waals surface area (Å²) in [4.78, 5) is 20.6. The van der Waals surface area contributed by atoms with Gasteiger partial charge in [0.25, 0.3) is 5.91 Å². The molecule has 4 rings (SSSR count). The molecule has 6 heteroatoms. The van der Waals surface area contributed by atoms with E-state index in [1.807, 2.05) is 47.8 Å². The van der Waals surface area contributed by atoms with Crippen LogP contribution in [0.4, 0.5) is 0 Å². The van der Waals surface area contributed by atoms with Crippen molar-refractivity contribution < 1.29 is 9.53 Å². The van der Waals surface area contributed by atoms with Crippen LogP contribution in [0.15, 0.2) is 66.2 Å². The number of pyridine rings is 1. The Morgan fingerprint density at radius 1 is 1.23 bits per heavy atom. The number of nitrogens with one attached hydrogen (secondary N) is 1. The van der Waals surface area contributed by atoms with E-state index in [9.17, 15) is 4.79 Å². The van der Waals surface area contributed by atoms with Gasteiger partial charge in [-0.2, -0.15) is 0 Å². The molecule has 0 saturated carbocycles. The molecule has 0 unspecified atom stereocenters. The lowest BCUT2D eigenvalue weighted by Crippen LogP contribution is -2.42. The molecule has 3 heterocycles. The van der Waals surface area contributed by atoms with E-state index in [0.29, 0.717) is 5.92 Å². The topological polar surface area (TPSA) is 54.5 Å². The van der Waals surface area contributed by atoms with E-state index < -0.39 is 0 Å². The average Bonchev–Trinajstić information content (AvgIpc) is 3.34. The molecule has 1 saturated heterocycles. The molecule has 1 aliphatic heterocycles. The molecule has 3 aromatic rings. The monoisotopic (exact) mass is 421 g/mol. The normalized spacial score (nSPS) is 18.0. The Morgan fingerprint density at radius 3 is 2.80 bits per heavy atom. The molecule has 0 aliphatic carbocycles. The van der Waals surface area contributed by atoms with Crippen molar-refractivity contribution in [3.63, 3.8) is 0 Å². The van der Waals surface area contributed by atoms with Crippen LogP contribution in [0.1, 0.15) is 39.8 Å².